The minimum absolute atomic E-state index is 0.0715. The van der Waals surface area contributed by atoms with Gasteiger partial charge in [0.05, 0.1) is 13.0 Å². The number of nitrogens with one attached hydrogen (secondary N) is 1. The second-order valence-corrected chi connectivity index (χ2v) is 4.82. The van der Waals surface area contributed by atoms with Crippen molar-refractivity contribution in [3.05, 3.63) is 59.7 Å². The summed E-state index contributed by atoms with van der Waals surface area (Å²) in [5.41, 5.74) is 9.23. The molecule has 2 aromatic rings. The Morgan fingerprint density at radius 2 is 1.76 bits per heavy atom. The maximum absolute atomic E-state index is 12.2. The molecule has 2 rings (SSSR count). The van der Waals surface area contributed by atoms with Crippen LogP contribution in [0.3, 0.4) is 0 Å². The summed E-state index contributed by atoms with van der Waals surface area (Å²) >= 11 is 0. The molecule has 0 aromatic heterocycles. The molecule has 0 fully saturated rings. The average molecular weight is 284 g/mol. The molecular formula is C17H20N2O2. The van der Waals surface area contributed by atoms with Crippen molar-refractivity contribution in [2.24, 2.45) is 0 Å². The second kappa shape index (κ2) is 7.45. The zero-order valence-electron chi connectivity index (χ0n) is 12.1. The Kier molecular flexibility index (Phi) is 5.35. The largest absolute Gasteiger partial charge is 0.398 e. The summed E-state index contributed by atoms with van der Waals surface area (Å²) in [6, 6.07) is 15.2. The molecule has 4 heteroatoms. The van der Waals surface area contributed by atoms with E-state index in [9.17, 15) is 4.79 Å². The number of hydrogen-bond acceptors (Lipinski definition) is 3. The summed E-state index contributed by atoms with van der Waals surface area (Å²) in [5, 5.41) is 2.95. The predicted molar refractivity (Wildman–Crippen MR) is 85.2 cm³/mol. The predicted octanol–water partition coefficient (Wildman–Crippen LogP) is 2.64. The fourth-order valence-corrected chi connectivity index (χ4v) is 2.13. The summed E-state index contributed by atoms with van der Waals surface area (Å²) in [5.74, 6) is -0.0715. The van der Waals surface area contributed by atoms with Crippen LogP contribution in [-0.4, -0.2) is 19.6 Å². The van der Waals surface area contributed by atoms with Crippen molar-refractivity contribution in [1.82, 2.24) is 0 Å². The molecule has 0 aliphatic rings. The highest BCUT2D eigenvalue weighted by Gasteiger charge is 2.09. The number of methoxy groups -OCH3 is 1. The molecule has 3 N–H and O–H groups in total. The molecule has 21 heavy (non-hydrogen) atoms. The lowest BCUT2D eigenvalue weighted by Gasteiger charge is -2.11. The monoisotopic (exact) mass is 284 g/mol. The molecule has 0 saturated heterocycles. The van der Waals surface area contributed by atoms with Crippen molar-refractivity contribution in [3.8, 4) is 0 Å². The van der Waals surface area contributed by atoms with Gasteiger partial charge in [0.15, 0.2) is 0 Å². The fraction of sp³-hybridized carbons (Fsp3) is 0.235. The van der Waals surface area contributed by atoms with Crippen LogP contribution in [0, 0.1) is 0 Å². The maximum Gasteiger partial charge on any atom is 0.228 e. The molecule has 0 aliphatic heterocycles. The number of anilines is 2. The Morgan fingerprint density at radius 3 is 2.48 bits per heavy atom. The summed E-state index contributed by atoms with van der Waals surface area (Å²) < 4.78 is 5.09. The number of carbonyl (C=O) groups is 1. The number of hydrogen-bond donors (Lipinski definition) is 2. The van der Waals surface area contributed by atoms with Gasteiger partial charge in [-0.3, -0.25) is 4.79 Å². The Hall–Kier alpha value is -2.33. The number of nitrogens with two attached hydrogens (primary N) is 1. The van der Waals surface area contributed by atoms with Gasteiger partial charge in [0.25, 0.3) is 0 Å². The summed E-state index contributed by atoms with van der Waals surface area (Å²) in [6.07, 6.45) is 1.03. The highest BCUT2D eigenvalue weighted by atomic mass is 16.5. The van der Waals surface area contributed by atoms with Crippen molar-refractivity contribution in [2.45, 2.75) is 12.8 Å². The number of rotatable bonds is 6. The van der Waals surface area contributed by atoms with Crippen LogP contribution in [0.1, 0.15) is 11.1 Å². The van der Waals surface area contributed by atoms with Gasteiger partial charge in [-0.2, -0.15) is 0 Å². The van der Waals surface area contributed by atoms with E-state index in [1.54, 1.807) is 13.2 Å². The van der Waals surface area contributed by atoms with Gasteiger partial charge in [-0.25, -0.2) is 0 Å². The van der Waals surface area contributed by atoms with E-state index < -0.39 is 0 Å². The first kappa shape index (κ1) is 15.1. The fourth-order valence-electron chi connectivity index (χ4n) is 2.13. The van der Waals surface area contributed by atoms with Crippen LogP contribution in [0.4, 0.5) is 11.4 Å². The third-order valence-corrected chi connectivity index (χ3v) is 3.27. The molecule has 0 heterocycles. The molecule has 0 unspecified atom stereocenters. The number of para-hydroxylation sites is 2. The van der Waals surface area contributed by atoms with E-state index >= 15 is 0 Å². The quantitative estimate of drug-likeness (QED) is 0.801. The first-order valence-electron chi connectivity index (χ1n) is 6.91. The van der Waals surface area contributed by atoms with Crippen LogP contribution in [0.5, 0.6) is 0 Å². The minimum Gasteiger partial charge on any atom is -0.398 e. The van der Waals surface area contributed by atoms with Crippen LogP contribution in [0.25, 0.3) is 0 Å². The molecule has 2 aromatic carbocycles. The normalized spacial score (nSPS) is 10.3. The van der Waals surface area contributed by atoms with Gasteiger partial charge in [-0.15, -0.1) is 0 Å². The van der Waals surface area contributed by atoms with Crippen molar-refractivity contribution in [2.75, 3.05) is 24.8 Å². The van der Waals surface area contributed by atoms with E-state index in [-0.39, 0.29) is 12.3 Å². The van der Waals surface area contributed by atoms with Crippen LogP contribution in [-0.2, 0) is 22.4 Å². The van der Waals surface area contributed by atoms with E-state index in [1.807, 2.05) is 42.5 Å². The Morgan fingerprint density at radius 1 is 1.10 bits per heavy atom. The first-order valence-corrected chi connectivity index (χ1v) is 6.91. The Balaban J connectivity index is 2.04. The SMILES string of the molecule is COCCc1ccccc1NC(=O)Cc1ccccc1N. The summed E-state index contributed by atoms with van der Waals surface area (Å²) in [6.45, 7) is 0.624. The topological polar surface area (TPSA) is 64.3 Å². The van der Waals surface area contributed by atoms with Gasteiger partial charge >= 0.3 is 0 Å². The van der Waals surface area contributed by atoms with Gasteiger partial charge in [-0.1, -0.05) is 36.4 Å². The van der Waals surface area contributed by atoms with Crippen LogP contribution >= 0.6 is 0 Å². The lowest BCUT2D eigenvalue weighted by Crippen LogP contribution is -2.16. The van der Waals surface area contributed by atoms with Gasteiger partial charge in [0, 0.05) is 18.5 Å². The smallest absolute Gasteiger partial charge is 0.228 e. The van der Waals surface area contributed by atoms with Gasteiger partial charge in [0.2, 0.25) is 5.91 Å². The molecule has 0 spiro atoms. The molecule has 0 saturated carbocycles. The number of ether oxygens (including phenoxy) is 1. The van der Waals surface area contributed by atoms with Crippen molar-refractivity contribution >= 4 is 17.3 Å². The van der Waals surface area contributed by atoms with Crippen molar-refractivity contribution in [1.29, 1.82) is 0 Å². The molecule has 4 nitrogen and oxygen atoms in total. The lowest BCUT2D eigenvalue weighted by atomic mass is 10.1. The number of benzene rings is 2. The van der Waals surface area contributed by atoms with E-state index in [0.717, 1.165) is 23.2 Å². The molecule has 0 aliphatic carbocycles. The third-order valence-electron chi connectivity index (χ3n) is 3.27. The molecule has 110 valence electrons. The van der Waals surface area contributed by atoms with Gasteiger partial charge in [-0.05, 0) is 29.7 Å². The van der Waals surface area contributed by atoms with E-state index in [4.69, 9.17) is 10.5 Å². The number of nitrogen functional groups attached to an aromatic ring is 1. The van der Waals surface area contributed by atoms with Gasteiger partial charge < -0.3 is 15.8 Å². The summed E-state index contributed by atoms with van der Waals surface area (Å²) in [4.78, 5) is 12.2. The molecule has 0 bridgehead atoms. The lowest BCUT2D eigenvalue weighted by molar-refractivity contribution is -0.115. The third kappa shape index (κ3) is 4.33. The Bertz CT molecular complexity index is 611. The molecule has 1 amide bonds. The number of carbonyl (C=O) groups excluding carboxylic acids is 1. The highest BCUT2D eigenvalue weighted by Crippen LogP contribution is 2.17. The minimum atomic E-state index is -0.0715. The van der Waals surface area contributed by atoms with Crippen LogP contribution in [0.2, 0.25) is 0 Å². The van der Waals surface area contributed by atoms with Gasteiger partial charge in [0.1, 0.15) is 0 Å². The average Bonchev–Trinajstić information content (AvgIpc) is 2.49. The standard InChI is InChI=1S/C17H20N2O2/c1-21-11-10-13-6-3-5-9-16(13)19-17(20)12-14-7-2-4-8-15(14)18/h2-9H,10-12,18H2,1H3,(H,19,20). The van der Waals surface area contributed by atoms with E-state index in [0.29, 0.717) is 12.3 Å². The Labute approximate surface area is 124 Å². The maximum atomic E-state index is 12.2. The summed E-state index contributed by atoms with van der Waals surface area (Å²) in [7, 11) is 1.67. The van der Waals surface area contributed by atoms with Crippen molar-refractivity contribution < 1.29 is 9.53 Å². The number of amides is 1. The zero-order chi connectivity index (χ0) is 15.1. The molecule has 0 atom stereocenters. The van der Waals surface area contributed by atoms with Crippen LogP contribution < -0.4 is 11.1 Å². The highest BCUT2D eigenvalue weighted by molar-refractivity contribution is 5.93. The van der Waals surface area contributed by atoms with Crippen molar-refractivity contribution in [3.63, 3.8) is 0 Å². The molecule has 0 radical (unpaired) electrons. The first-order chi connectivity index (χ1) is 10.2. The zero-order valence-corrected chi connectivity index (χ0v) is 12.1. The molecular weight excluding hydrogens is 264 g/mol. The van der Waals surface area contributed by atoms with E-state index in [2.05, 4.69) is 5.32 Å². The van der Waals surface area contributed by atoms with Crippen LogP contribution in [0.15, 0.2) is 48.5 Å². The van der Waals surface area contributed by atoms with E-state index in [1.165, 1.54) is 0 Å². The second-order valence-electron chi connectivity index (χ2n) is 4.82.